The molecule has 0 saturated heterocycles. The van der Waals surface area contributed by atoms with E-state index in [-0.39, 0.29) is 5.54 Å². The molecule has 1 heterocycles. The fourth-order valence-electron chi connectivity index (χ4n) is 2.24. The predicted molar refractivity (Wildman–Crippen MR) is 95.0 cm³/mol. The number of nitrogens with zero attached hydrogens (tertiary/aromatic N) is 1. The lowest BCUT2D eigenvalue weighted by atomic mass is 10.1. The molecule has 0 aliphatic carbocycles. The van der Waals surface area contributed by atoms with E-state index in [0.717, 1.165) is 13.1 Å². The minimum atomic E-state index is 0.150. The van der Waals surface area contributed by atoms with Crippen molar-refractivity contribution in [3.8, 4) is 0 Å². The van der Waals surface area contributed by atoms with E-state index in [1.165, 1.54) is 20.5 Å². The zero-order valence-electron chi connectivity index (χ0n) is 14.2. The smallest absolute Gasteiger partial charge is 0.0349 e. The molecule has 0 aliphatic heterocycles. The average Bonchev–Trinajstić information content (AvgIpc) is 2.74. The maximum absolute atomic E-state index is 3.63. The van der Waals surface area contributed by atoms with Gasteiger partial charge in [0.05, 0.1) is 0 Å². The van der Waals surface area contributed by atoms with Crippen LogP contribution in [0.2, 0.25) is 0 Å². The fourth-order valence-corrected chi connectivity index (χ4v) is 3.40. The Balaban J connectivity index is 2.34. The zero-order chi connectivity index (χ0) is 15.6. The molecular weight excluding hydrogens is 276 g/mol. The molecule has 3 heteroatoms. The van der Waals surface area contributed by atoms with Crippen molar-refractivity contribution in [2.24, 2.45) is 0 Å². The molecule has 0 atom stereocenters. The number of nitrogens with one attached hydrogen (secondary N) is 1. The Morgan fingerprint density at radius 3 is 2.48 bits per heavy atom. The number of hydrogen-bond donors (Lipinski definition) is 1. The molecule has 0 unspecified atom stereocenters. The Labute approximate surface area is 133 Å². The largest absolute Gasteiger partial charge is 0.307 e. The summed E-state index contributed by atoms with van der Waals surface area (Å²) in [5.41, 5.74) is 1.64. The van der Waals surface area contributed by atoms with Gasteiger partial charge in [-0.25, -0.2) is 0 Å². The minimum absolute atomic E-state index is 0.150. The monoisotopic (exact) mass is 304 g/mol. The van der Waals surface area contributed by atoms with Gasteiger partial charge in [-0.1, -0.05) is 18.2 Å². The SMILES string of the molecule is CC(C)N(C)Cc1c(CNC(C)(C)C)sc2ccccc12. The highest BCUT2D eigenvalue weighted by molar-refractivity contribution is 7.19. The van der Waals surface area contributed by atoms with Crippen LogP contribution >= 0.6 is 11.3 Å². The maximum atomic E-state index is 3.63. The number of fused-ring (bicyclic) bond motifs is 1. The van der Waals surface area contributed by atoms with Crippen LogP contribution in [0.3, 0.4) is 0 Å². The van der Waals surface area contributed by atoms with Crippen molar-refractivity contribution in [3.05, 3.63) is 34.7 Å². The van der Waals surface area contributed by atoms with Gasteiger partial charge in [0.1, 0.15) is 0 Å². The van der Waals surface area contributed by atoms with Crippen LogP contribution in [-0.4, -0.2) is 23.5 Å². The molecule has 0 fully saturated rings. The predicted octanol–water partition coefficient (Wildman–Crippen LogP) is 4.63. The fraction of sp³-hybridized carbons (Fsp3) is 0.556. The van der Waals surface area contributed by atoms with E-state index in [4.69, 9.17) is 0 Å². The van der Waals surface area contributed by atoms with Crippen LogP contribution in [0.5, 0.6) is 0 Å². The highest BCUT2D eigenvalue weighted by Crippen LogP contribution is 2.32. The molecule has 0 radical (unpaired) electrons. The first-order valence-electron chi connectivity index (χ1n) is 7.72. The van der Waals surface area contributed by atoms with Crippen molar-refractivity contribution in [2.75, 3.05) is 7.05 Å². The first-order chi connectivity index (χ1) is 9.78. The number of benzene rings is 1. The van der Waals surface area contributed by atoms with Crippen LogP contribution in [0.4, 0.5) is 0 Å². The molecule has 21 heavy (non-hydrogen) atoms. The Morgan fingerprint density at radius 2 is 1.86 bits per heavy atom. The highest BCUT2D eigenvalue weighted by Gasteiger charge is 2.17. The standard InChI is InChI=1S/C18H28N2S/c1-13(2)20(6)12-15-14-9-7-8-10-16(14)21-17(15)11-19-18(3,4)5/h7-10,13,19H,11-12H2,1-6H3. The lowest BCUT2D eigenvalue weighted by molar-refractivity contribution is 0.266. The summed E-state index contributed by atoms with van der Waals surface area (Å²) in [5, 5.41) is 5.05. The van der Waals surface area contributed by atoms with E-state index < -0.39 is 0 Å². The minimum Gasteiger partial charge on any atom is -0.307 e. The van der Waals surface area contributed by atoms with Gasteiger partial charge in [-0.2, -0.15) is 0 Å². The van der Waals surface area contributed by atoms with Crippen LogP contribution in [0, 0.1) is 0 Å². The second-order valence-electron chi connectivity index (χ2n) is 7.11. The molecule has 2 nitrogen and oxygen atoms in total. The Bertz CT molecular complexity index is 593. The van der Waals surface area contributed by atoms with E-state index in [0.29, 0.717) is 6.04 Å². The maximum Gasteiger partial charge on any atom is 0.0349 e. The Morgan fingerprint density at radius 1 is 1.19 bits per heavy atom. The summed E-state index contributed by atoms with van der Waals surface area (Å²) in [6.07, 6.45) is 0. The quantitative estimate of drug-likeness (QED) is 0.866. The molecule has 116 valence electrons. The molecular formula is C18H28N2S. The van der Waals surface area contributed by atoms with Gasteiger partial charge >= 0.3 is 0 Å². The van der Waals surface area contributed by atoms with Crippen molar-refractivity contribution in [2.45, 2.75) is 59.3 Å². The van der Waals surface area contributed by atoms with Gasteiger partial charge in [0, 0.05) is 34.2 Å². The van der Waals surface area contributed by atoms with Gasteiger partial charge in [-0.3, -0.25) is 4.90 Å². The van der Waals surface area contributed by atoms with Crippen molar-refractivity contribution < 1.29 is 0 Å². The van der Waals surface area contributed by atoms with E-state index in [2.05, 4.69) is 76.1 Å². The van der Waals surface area contributed by atoms with Crippen molar-refractivity contribution in [3.63, 3.8) is 0 Å². The van der Waals surface area contributed by atoms with Gasteiger partial charge in [-0.05, 0) is 58.7 Å². The third kappa shape index (κ3) is 4.29. The molecule has 1 aromatic carbocycles. The molecule has 0 spiro atoms. The summed E-state index contributed by atoms with van der Waals surface area (Å²) >= 11 is 1.93. The van der Waals surface area contributed by atoms with Crippen LogP contribution in [0.15, 0.2) is 24.3 Å². The normalized spacial score (nSPS) is 12.8. The molecule has 0 amide bonds. The summed E-state index contributed by atoms with van der Waals surface area (Å²) in [5.74, 6) is 0. The van der Waals surface area contributed by atoms with Crippen LogP contribution < -0.4 is 5.32 Å². The number of thiophene rings is 1. The average molecular weight is 305 g/mol. The van der Waals surface area contributed by atoms with Gasteiger partial charge in [0.25, 0.3) is 0 Å². The summed E-state index contributed by atoms with van der Waals surface area (Å²) in [6.45, 7) is 13.1. The van der Waals surface area contributed by atoms with Gasteiger partial charge in [-0.15, -0.1) is 11.3 Å². The zero-order valence-corrected chi connectivity index (χ0v) is 15.0. The van der Waals surface area contributed by atoms with Gasteiger partial charge in [0.15, 0.2) is 0 Å². The Hall–Kier alpha value is -0.900. The molecule has 0 bridgehead atoms. The topological polar surface area (TPSA) is 15.3 Å². The lowest BCUT2D eigenvalue weighted by Gasteiger charge is -2.23. The highest BCUT2D eigenvalue weighted by atomic mass is 32.1. The third-order valence-corrected chi connectivity index (χ3v) is 5.06. The molecule has 1 aromatic heterocycles. The molecule has 2 rings (SSSR count). The Kier molecular flexibility index (Phi) is 5.07. The van der Waals surface area contributed by atoms with Crippen LogP contribution in [-0.2, 0) is 13.1 Å². The van der Waals surface area contributed by atoms with Crippen molar-refractivity contribution >= 4 is 21.4 Å². The summed E-state index contributed by atoms with van der Waals surface area (Å²) in [7, 11) is 2.21. The van der Waals surface area contributed by atoms with Crippen LogP contribution in [0.1, 0.15) is 45.1 Å². The van der Waals surface area contributed by atoms with Gasteiger partial charge in [0.2, 0.25) is 0 Å². The summed E-state index contributed by atoms with van der Waals surface area (Å²) < 4.78 is 1.40. The van der Waals surface area contributed by atoms with Crippen LogP contribution in [0.25, 0.3) is 10.1 Å². The summed E-state index contributed by atoms with van der Waals surface area (Å²) in [4.78, 5) is 3.88. The van der Waals surface area contributed by atoms with Crippen molar-refractivity contribution in [1.82, 2.24) is 10.2 Å². The van der Waals surface area contributed by atoms with E-state index >= 15 is 0 Å². The van der Waals surface area contributed by atoms with E-state index in [1.807, 2.05) is 11.3 Å². The first kappa shape index (κ1) is 16.5. The molecule has 1 N–H and O–H groups in total. The van der Waals surface area contributed by atoms with E-state index in [9.17, 15) is 0 Å². The molecule has 0 saturated carbocycles. The number of rotatable bonds is 5. The second kappa shape index (κ2) is 6.47. The first-order valence-corrected chi connectivity index (χ1v) is 8.54. The van der Waals surface area contributed by atoms with E-state index in [1.54, 1.807) is 0 Å². The number of hydrogen-bond acceptors (Lipinski definition) is 3. The lowest BCUT2D eigenvalue weighted by Crippen LogP contribution is -2.35. The molecule has 0 aliphatic rings. The van der Waals surface area contributed by atoms with Gasteiger partial charge < -0.3 is 5.32 Å². The van der Waals surface area contributed by atoms with Crippen molar-refractivity contribution in [1.29, 1.82) is 0 Å². The molecule has 2 aromatic rings. The third-order valence-electron chi connectivity index (χ3n) is 3.85. The second-order valence-corrected chi connectivity index (χ2v) is 8.25. The summed E-state index contributed by atoms with van der Waals surface area (Å²) in [6, 6.07) is 9.34.